The Morgan fingerprint density at radius 2 is 2.03 bits per heavy atom. The Morgan fingerprint density at radius 3 is 2.78 bits per heavy atom. The van der Waals surface area contributed by atoms with Gasteiger partial charge in [-0.1, -0.05) is 43.2 Å². The number of rotatable bonds is 8. The van der Waals surface area contributed by atoms with Gasteiger partial charge in [0.25, 0.3) is 5.78 Å². The van der Waals surface area contributed by atoms with E-state index in [1.54, 1.807) is 19.1 Å². The van der Waals surface area contributed by atoms with E-state index in [1.165, 1.54) is 16.2 Å². The maximum absolute atomic E-state index is 13.4. The van der Waals surface area contributed by atoms with Gasteiger partial charge in [-0.15, -0.1) is 10.2 Å². The molecule has 0 saturated carbocycles. The van der Waals surface area contributed by atoms with Crippen LogP contribution in [0.25, 0.3) is 5.76 Å². The highest BCUT2D eigenvalue weighted by atomic mass is 32.1. The fourth-order valence-electron chi connectivity index (χ4n) is 4.77. The molecule has 0 aliphatic carbocycles. The lowest BCUT2D eigenvalue weighted by Gasteiger charge is -2.23. The van der Waals surface area contributed by atoms with Crippen LogP contribution in [0.2, 0.25) is 0 Å². The first-order valence-electron chi connectivity index (χ1n) is 12.5. The number of aromatic nitrogens is 2. The van der Waals surface area contributed by atoms with Crippen LogP contribution in [0, 0.1) is 6.92 Å². The molecule has 3 aromatic rings. The fraction of sp³-hybridized carbons (Fsp3) is 0.357. The van der Waals surface area contributed by atoms with Crippen LogP contribution in [0.15, 0.2) is 48.0 Å². The van der Waals surface area contributed by atoms with Crippen molar-refractivity contribution < 1.29 is 24.2 Å². The summed E-state index contributed by atoms with van der Waals surface area (Å²) in [6.07, 6.45) is 3.84. The van der Waals surface area contributed by atoms with E-state index in [0.29, 0.717) is 40.0 Å². The smallest absolute Gasteiger partial charge is 0.301 e. The van der Waals surface area contributed by atoms with Gasteiger partial charge in [-0.05, 0) is 61.7 Å². The fourth-order valence-corrected chi connectivity index (χ4v) is 5.48. The number of unbranched alkanes of at least 4 members (excludes halogenated alkanes) is 2. The third-order valence-corrected chi connectivity index (χ3v) is 7.36. The zero-order valence-electron chi connectivity index (χ0n) is 21.1. The van der Waals surface area contributed by atoms with Gasteiger partial charge in [0.15, 0.2) is 0 Å². The molecule has 1 amide bonds. The first-order valence-corrected chi connectivity index (χ1v) is 13.3. The number of ketones is 1. The largest absolute Gasteiger partial charge is 0.507 e. The van der Waals surface area contributed by atoms with Crippen LogP contribution in [0.4, 0.5) is 5.13 Å². The first kappa shape index (κ1) is 25.0. The lowest BCUT2D eigenvalue weighted by Crippen LogP contribution is -2.29. The van der Waals surface area contributed by atoms with Crippen molar-refractivity contribution in [1.82, 2.24) is 10.2 Å². The van der Waals surface area contributed by atoms with Crippen LogP contribution in [-0.4, -0.2) is 39.7 Å². The molecule has 0 unspecified atom stereocenters. The summed E-state index contributed by atoms with van der Waals surface area (Å²) in [6.45, 7) is 6.47. The number of amides is 1. The molecule has 1 saturated heterocycles. The van der Waals surface area contributed by atoms with Crippen molar-refractivity contribution in [3.63, 3.8) is 0 Å². The monoisotopic (exact) mass is 519 g/mol. The molecule has 37 heavy (non-hydrogen) atoms. The molecule has 2 aromatic carbocycles. The van der Waals surface area contributed by atoms with Gasteiger partial charge >= 0.3 is 5.91 Å². The molecule has 0 spiro atoms. The Morgan fingerprint density at radius 1 is 1.19 bits per heavy atom. The number of anilines is 1. The molecule has 3 heterocycles. The minimum atomic E-state index is -0.880. The van der Waals surface area contributed by atoms with E-state index < -0.39 is 17.7 Å². The average molecular weight is 520 g/mol. The van der Waals surface area contributed by atoms with E-state index in [2.05, 4.69) is 17.1 Å². The van der Waals surface area contributed by atoms with Crippen molar-refractivity contribution in [1.29, 1.82) is 0 Å². The number of aliphatic hydroxyl groups is 1. The predicted octanol–water partition coefficient (Wildman–Crippen LogP) is 5.37. The van der Waals surface area contributed by atoms with E-state index in [-0.39, 0.29) is 17.4 Å². The van der Waals surface area contributed by atoms with Gasteiger partial charge < -0.3 is 14.6 Å². The average Bonchev–Trinajstić information content (AvgIpc) is 3.56. The molecule has 1 aromatic heterocycles. The number of Topliss-reactive ketones (excluding diaryl/α,β-unsaturated/α-hetero) is 1. The highest BCUT2D eigenvalue weighted by molar-refractivity contribution is 7.15. The number of carbonyl (C=O) groups excluding carboxylic acids is 2. The summed E-state index contributed by atoms with van der Waals surface area (Å²) >= 11 is 1.22. The number of hydrogen-bond acceptors (Lipinski definition) is 8. The molecule has 9 heteroatoms. The van der Waals surface area contributed by atoms with Crippen molar-refractivity contribution in [2.45, 2.75) is 58.6 Å². The normalized spacial score (nSPS) is 20.2. The minimum absolute atomic E-state index is 0.00731. The number of fused-ring (bicyclic) bond motifs is 1. The van der Waals surface area contributed by atoms with Crippen molar-refractivity contribution in [3.05, 3.63) is 69.7 Å². The maximum Gasteiger partial charge on any atom is 0.301 e. The molecule has 1 N–H and O–H groups in total. The Balaban J connectivity index is 1.60. The molecule has 8 nitrogen and oxygen atoms in total. The first-order chi connectivity index (χ1) is 17.9. The molecule has 2 aliphatic rings. The summed E-state index contributed by atoms with van der Waals surface area (Å²) < 4.78 is 11.7. The van der Waals surface area contributed by atoms with Crippen LogP contribution in [0.5, 0.6) is 11.5 Å². The molecule has 2 aliphatic heterocycles. The summed E-state index contributed by atoms with van der Waals surface area (Å²) in [5.74, 6) is -0.358. The number of ether oxygens (including phenoxy) is 2. The third-order valence-electron chi connectivity index (χ3n) is 6.53. The number of hydrogen-bond donors (Lipinski definition) is 1. The van der Waals surface area contributed by atoms with Gasteiger partial charge in [-0.25, -0.2) is 0 Å². The topological polar surface area (TPSA) is 102 Å². The third kappa shape index (κ3) is 4.83. The van der Waals surface area contributed by atoms with Crippen molar-refractivity contribution in [2.75, 3.05) is 11.5 Å². The number of carbonyl (C=O) groups is 2. The molecular weight excluding hydrogens is 490 g/mol. The Labute approximate surface area is 219 Å². The second-order valence-electron chi connectivity index (χ2n) is 9.36. The van der Waals surface area contributed by atoms with E-state index in [9.17, 15) is 14.7 Å². The highest BCUT2D eigenvalue weighted by Crippen LogP contribution is 2.44. The summed E-state index contributed by atoms with van der Waals surface area (Å²) in [5, 5.41) is 20.6. The van der Waals surface area contributed by atoms with E-state index in [4.69, 9.17) is 9.47 Å². The van der Waals surface area contributed by atoms with E-state index in [0.717, 1.165) is 30.6 Å². The van der Waals surface area contributed by atoms with Gasteiger partial charge in [0.05, 0.1) is 18.2 Å². The van der Waals surface area contributed by atoms with Crippen LogP contribution in [0.3, 0.4) is 0 Å². The Bertz CT molecular complexity index is 1380. The summed E-state index contributed by atoms with van der Waals surface area (Å²) in [7, 11) is 0. The van der Waals surface area contributed by atoms with Gasteiger partial charge in [-0.3, -0.25) is 14.5 Å². The molecule has 192 valence electrons. The van der Waals surface area contributed by atoms with Gasteiger partial charge in [0, 0.05) is 12.0 Å². The van der Waals surface area contributed by atoms with E-state index >= 15 is 0 Å². The molecule has 0 radical (unpaired) electrons. The molecule has 2 atom stereocenters. The SMILES string of the molecule is CCCCCOc1cccc([C@@H]2C(=C(O)c3ccc4c(c3)C[C@@H](C)O4)C(=O)C(=O)N2c2nnc(C)s2)c1. The second-order valence-corrected chi connectivity index (χ2v) is 10.5. The highest BCUT2D eigenvalue weighted by Gasteiger charge is 2.48. The quantitative estimate of drug-likeness (QED) is 0.185. The Kier molecular flexibility index (Phi) is 6.97. The van der Waals surface area contributed by atoms with Crippen molar-refractivity contribution >= 4 is 33.9 Å². The van der Waals surface area contributed by atoms with Crippen LogP contribution >= 0.6 is 11.3 Å². The number of aryl methyl sites for hydroxylation is 1. The van der Waals surface area contributed by atoms with Crippen LogP contribution in [0.1, 0.15) is 60.8 Å². The van der Waals surface area contributed by atoms with Crippen LogP contribution < -0.4 is 14.4 Å². The molecular formula is C28H29N3O5S. The van der Waals surface area contributed by atoms with Crippen LogP contribution in [-0.2, 0) is 16.0 Å². The van der Waals surface area contributed by atoms with E-state index in [1.807, 2.05) is 37.3 Å². The second kappa shape index (κ2) is 10.3. The lowest BCUT2D eigenvalue weighted by molar-refractivity contribution is -0.132. The summed E-state index contributed by atoms with van der Waals surface area (Å²) in [6, 6.07) is 11.7. The maximum atomic E-state index is 13.4. The predicted molar refractivity (Wildman–Crippen MR) is 141 cm³/mol. The zero-order chi connectivity index (χ0) is 26.1. The minimum Gasteiger partial charge on any atom is -0.507 e. The van der Waals surface area contributed by atoms with Crippen molar-refractivity contribution in [3.8, 4) is 11.5 Å². The van der Waals surface area contributed by atoms with Gasteiger partial charge in [0.1, 0.15) is 28.4 Å². The Hall–Kier alpha value is -3.72. The molecule has 5 rings (SSSR count). The molecule has 1 fully saturated rings. The van der Waals surface area contributed by atoms with Gasteiger partial charge in [0.2, 0.25) is 5.13 Å². The summed E-state index contributed by atoms with van der Waals surface area (Å²) in [4.78, 5) is 28.0. The number of nitrogens with zero attached hydrogens (tertiary/aromatic N) is 3. The number of benzene rings is 2. The summed E-state index contributed by atoms with van der Waals surface area (Å²) in [5.41, 5.74) is 2.05. The lowest BCUT2D eigenvalue weighted by atomic mass is 9.94. The van der Waals surface area contributed by atoms with Crippen molar-refractivity contribution in [2.24, 2.45) is 0 Å². The van der Waals surface area contributed by atoms with Gasteiger partial charge in [-0.2, -0.15) is 0 Å². The standard InChI is InChI=1S/C28H29N3O5S/c1-4-5-6-12-35-21-9-7-8-18(15-21)24-23(26(33)27(34)31(24)28-30-29-17(3)37-28)25(32)19-10-11-22-20(14-19)13-16(2)36-22/h7-11,14-16,24,32H,4-6,12-13H2,1-3H3/t16-,24-/m1/s1. The zero-order valence-corrected chi connectivity index (χ0v) is 21.9. The molecule has 0 bridgehead atoms. The number of aliphatic hydroxyl groups excluding tert-OH is 1.